The minimum absolute atomic E-state index is 0.351. The van der Waals surface area contributed by atoms with Gasteiger partial charge >= 0.3 is 5.97 Å². The zero-order valence-electron chi connectivity index (χ0n) is 14.2. The lowest BCUT2D eigenvalue weighted by Crippen LogP contribution is -2.30. The first-order valence-electron chi connectivity index (χ1n) is 7.79. The Bertz CT molecular complexity index is 727. The maximum atomic E-state index is 11.4. The Morgan fingerprint density at radius 2 is 1.83 bits per heavy atom. The first kappa shape index (κ1) is 17.9. The Morgan fingerprint density at radius 1 is 1.12 bits per heavy atom. The molecular formula is C19H22N2O2S. The number of methoxy groups -OCH3 is 1. The molecule has 0 atom stereocenters. The standard InChI is InChI=1S/C19H22N2O2S/c1-13-4-5-15(14(2)12-13)10-11-20-19(24)21-17-8-6-16(7-9-17)18(22)23-3/h4-9,12H,10-11H2,1-3H3,(H2,20,21,24). The lowest BCUT2D eigenvalue weighted by molar-refractivity contribution is 0.0601. The van der Waals surface area contributed by atoms with Crippen LogP contribution >= 0.6 is 12.2 Å². The lowest BCUT2D eigenvalue weighted by atomic mass is 10.0. The van der Waals surface area contributed by atoms with E-state index in [1.807, 2.05) is 0 Å². The van der Waals surface area contributed by atoms with Gasteiger partial charge in [-0.15, -0.1) is 0 Å². The summed E-state index contributed by atoms with van der Waals surface area (Å²) in [6, 6.07) is 13.5. The summed E-state index contributed by atoms with van der Waals surface area (Å²) in [6.07, 6.45) is 0.912. The van der Waals surface area contributed by atoms with E-state index in [1.54, 1.807) is 24.3 Å². The van der Waals surface area contributed by atoms with Crippen molar-refractivity contribution in [2.75, 3.05) is 19.0 Å². The molecule has 0 fully saturated rings. The third kappa shape index (κ3) is 5.06. The van der Waals surface area contributed by atoms with Gasteiger partial charge in [0.1, 0.15) is 0 Å². The van der Waals surface area contributed by atoms with E-state index < -0.39 is 0 Å². The van der Waals surface area contributed by atoms with Crippen molar-refractivity contribution in [2.45, 2.75) is 20.3 Å². The van der Waals surface area contributed by atoms with E-state index in [9.17, 15) is 4.79 Å². The molecule has 0 unspecified atom stereocenters. The first-order valence-corrected chi connectivity index (χ1v) is 8.20. The molecule has 0 saturated heterocycles. The molecule has 2 N–H and O–H groups in total. The average Bonchev–Trinajstić information content (AvgIpc) is 2.57. The third-order valence-corrected chi connectivity index (χ3v) is 3.99. The van der Waals surface area contributed by atoms with Crippen LogP contribution in [-0.2, 0) is 11.2 Å². The fourth-order valence-corrected chi connectivity index (χ4v) is 2.64. The number of ether oxygens (including phenoxy) is 1. The van der Waals surface area contributed by atoms with E-state index in [2.05, 4.69) is 47.4 Å². The van der Waals surface area contributed by atoms with Crippen molar-refractivity contribution in [1.29, 1.82) is 0 Å². The van der Waals surface area contributed by atoms with Gasteiger partial charge in [0.05, 0.1) is 12.7 Å². The molecule has 2 aromatic carbocycles. The largest absolute Gasteiger partial charge is 0.465 e. The number of hydrogen-bond acceptors (Lipinski definition) is 3. The van der Waals surface area contributed by atoms with Crippen molar-refractivity contribution in [3.63, 3.8) is 0 Å². The molecule has 0 saturated carbocycles. The maximum Gasteiger partial charge on any atom is 0.337 e. The Labute approximate surface area is 148 Å². The Hall–Kier alpha value is -2.40. The highest BCUT2D eigenvalue weighted by molar-refractivity contribution is 7.80. The van der Waals surface area contributed by atoms with E-state index in [0.717, 1.165) is 18.7 Å². The number of esters is 1. The summed E-state index contributed by atoms with van der Waals surface area (Å²) in [4.78, 5) is 11.4. The van der Waals surface area contributed by atoms with Crippen LogP contribution in [0.2, 0.25) is 0 Å². The SMILES string of the molecule is COC(=O)c1ccc(NC(=S)NCCc2ccc(C)cc2C)cc1. The summed E-state index contributed by atoms with van der Waals surface area (Å²) in [5.74, 6) is -0.351. The second kappa shape index (κ2) is 8.45. The molecule has 0 aromatic heterocycles. The van der Waals surface area contributed by atoms with Crippen molar-refractivity contribution >= 4 is 29.0 Å². The second-order valence-electron chi connectivity index (χ2n) is 5.63. The van der Waals surface area contributed by atoms with Crippen LogP contribution in [0.1, 0.15) is 27.0 Å². The average molecular weight is 342 g/mol. The number of carbonyl (C=O) groups excluding carboxylic acids is 1. The van der Waals surface area contributed by atoms with Crippen LogP contribution < -0.4 is 10.6 Å². The molecule has 0 aliphatic heterocycles. The van der Waals surface area contributed by atoms with Crippen molar-refractivity contribution in [3.05, 3.63) is 64.7 Å². The minimum Gasteiger partial charge on any atom is -0.465 e. The van der Waals surface area contributed by atoms with Crippen LogP contribution in [0.5, 0.6) is 0 Å². The van der Waals surface area contributed by atoms with E-state index in [1.165, 1.54) is 23.8 Å². The molecule has 0 bridgehead atoms. The molecule has 0 aliphatic carbocycles. The van der Waals surface area contributed by atoms with Gasteiger partial charge in [0.2, 0.25) is 0 Å². The van der Waals surface area contributed by atoms with E-state index in [0.29, 0.717) is 10.7 Å². The van der Waals surface area contributed by atoms with Gasteiger partial charge in [-0.25, -0.2) is 4.79 Å². The minimum atomic E-state index is -0.351. The third-order valence-electron chi connectivity index (χ3n) is 3.74. The van der Waals surface area contributed by atoms with E-state index in [4.69, 9.17) is 12.2 Å². The van der Waals surface area contributed by atoms with Crippen molar-refractivity contribution in [2.24, 2.45) is 0 Å². The molecule has 0 radical (unpaired) electrons. The number of carbonyl (C=O) groups is 1. The van der Waals surface area contributed by atoms with Crippen molar-refractivity contribution in [3.8, 4) is 0 Å². The van der Waals surface area contributed by atoms with Gasteiger partial charge in [-0.2, -0.15) is 0 Å². The van der Waals surface area contributed by atoms with Gasteiger partial charge in [0.15, 0.2) is 5.11 Å². The molecule has 0 aliphatic rings. The zero-order valence-corrected chi connectivity index (χ0v) is 15.0. The highest BCUT2D eigenvalue weighted by atomic mass is 32.1. The molecule has 0 amide bonds. The number of nitrogens with one attached hydrogen (secondary N) is 2. The topological polar surface area (TPSA) is 50.4 Å². The van der Waals surface area contributed by atoms with Crippen molar-refractivity contribution < 1.29 is 9.53 Å². The summed E-state index contributed by atoms with van der Waals surface area (Å²) in [5, 5.41) is 6.86. The maximum absolute atomic E-state index is 11.4. The van der Waals surface area contributed by atoms with Gasteiger partial charge < -0.3 is 15.4 Å². The Morgan fingerprint density at radius 3 is 2.46 bits per heavy atom. The van der Waals surface area contributed by atoms with Crippen LogP contribution in [0.25, 0.3) is 0 Å². The Balaban J connectivity index is 1.81. The smallest absolute Gasteiger partial charge is 0.337 e. The monoisotopic (exact) mass is 342 g/mol. The molecule has 126 valence electrons. The van der Waals surface area contributed by atoms with Gasteiger partial charge in [-0.05, 0) is 67.9 Å². The first-order chi connectivity index (χ1) is 11.5. The zero-order chi connectivity index (χ0) is 17.5. The highest BCUT2D eigenvalue weighted by Gasteiger charge is 2.05. The van der Waals surface area contributed by atoms with Crippen LogP contribution in [0.15, 0.2) is 42.5 Å². The number of aryl methyl sites for hydroxylation is 2. The number of hydrogen-bond donors (Lipinski definition) is 2. The number of benzene rings is 2. The van der Waals surface area contributed by atoms with Crippen LogP contribution in [0.4, 0.5) is 5.69 Å². The molecular weight excluding hydrogens is 320 g/mol. The van der Waals surface area contributed by atoms with Crippen LogP contribution in [0.3, 0.4) is 0 Å². The molecule has 2 rings (SSSR count). The summed E-state index contributed by atoms with van der Waals surface area (Å²) in [6.45, 7) is 4.98. The van der Waals surface area contributed by atoms with Gasteiger partial charge in [-0.3, -0.25) is 0 Å². The normalized spacial score (nSPS) is 10.1. The van der Waals surface area contributed by atoms with E-state index >= 15 is 0 Å². The lowest BCUT2D eigenvalue weighted by Gasteiger charge is -2.12. The number of rotatable bonds is 5. The fraction of sp³-hybridized carbons (Fsp3) is 0.263. The number of anilines is 1. The van der Waals surface area contributed by atoms with Crippen molar-refractivity contribution in [1.82, 2.24) is 5.32 Å². The Kier molecular flexibility index (Phi) is 6.32. The van der Waals surface area contributed by atoms with Gasteiger partial charge in [-0.1, -0.05) is 23.8 Å². The van der Waals surface area contributed by atoms with Gasteiger partial charge in [0, 0.05) is 12.2 Å². The quantitative estimate of drug-likeness (QED) is 0.642. The molecule has 24 heavy (non-hydrogen) atoms. The predicted octanol–water partition coefficient (Wildman–Crippen LogP) is 3.62. The van der Waals surface area contributed by atoms with Gasteiger partial charge in [0.25, 0.3) is 0 Å². The van der Waals surface area contributed by atoms with Crippen LogP contribution in [-0.4, -0.2) is 24.7 Å². The highest BCUT2D eigenvalue weighted by Crippen LogP contribution is 2.12. The summed E-state index contributed by atoms with van der Waals surface area (Å²) < 4.78 is 4.67. The molecule has 5 heteroatoms. The molecule has 0 heterocycles. The molecule has 4 nitrogen and oxygen atoms in total. The van der Waals surface area contributed by atoms with E-state index in [-0.39, 0.29) is 5.97 Å². The molecule has 2 aromatic rings. The van der Waals surface area contributed by atoms with Crippen LogP contribution in [0, 0.1) is 13.8 Å². The number of thiocarbonyl (C=S) groups is 1. The summed E-state index contributed by atoms with van der Waals surface area (Å²) in [7, 11) is 1.36. The summed E-state index contributed by atoms with van der Waals surface area (Å²) in [5.41, 5.74) is 5.23. The molecule has 0 spiro atoms. The summed E-state index contributed by atoms with van der Waals surface area (Å²) >= 11 is 5.30. The predicted molar refractivity (Wildman–Crippen MR) is 102 cm³/mol. The fourth-order valence-electron chi connectivity index (χ4n) is 2.42. The second-order valence-corrected chi connectivity index (χ2v) is 6.04.